The van der Waals surface area contributed by atoms with Crippen LogP contribution in [0.2, 0.25) is 0 Å². The van der Waals surface area contributed by atoms with Crippen LogP contribution in [-0.2, 0) is 17.1 Å². The zero-order valence-electron chi connectivity index (χ0n) is 14.4. The molecular formula is C20H19FN2O2S. The second-order valence-electron chi connectivity index (χ2n) is 6.47. The standard InChI is InChI=1S/C20H19FN2O2S/c1-22-14-19(18-4-2-3-5-20(18)22)15-10-12-23(13-11-15)26(24,25)17-8-6-16(21)7-9-17/h2-10,14H,11-13H2,1H3. The van der Waals surface area contributed by atoms with E-state index in [2.05, 4.69) is 22.9 Å². The largest absolute Gasteiger partial charge is 0.350 e. The highest BCUT2D eigenvalue weighted by Crippen LogP contribution is 2.31. The third-order valence-electron chi connectivity index (χ3n) is 4.87. The van der Waals surface area contributed by atoms with Gasteiger partial charge in [-0.15, -0.1) is 0 Å². The van der Waals surface area contributed by atoms with E-state index in [4.69, 9.17) is 0 Å². The smallest absolute Gasteiger partial charge is 0.243 e. The first-order chi connectivity index (χ1) is 12.5. The molecule has 0 atom stereocenters. The molecule has 2 heterocycles. The lowest BCUT2D eigenvalue weighted by atomic mass is 10.00. The lowest BCUT2D eigenvalue weighted by Crippen LogP contribution is -2.34. The summed E-state index contributed by atoms with van der Waals surface area (Å²) < 4.78 is 42.1. The van der Waals surface area contributed by atoms with Gasteiger partial charge in [0.1, 0.15) is 5.82 Å². The SMILES string of the molecule is Cn1cc(C2=CCN(S(=O)(=O)c3ccc(F)cc3)CC2)c2ccccc21. The second kappa shape index (κ2) is 6.37. The molecule has 0 amide bonds. The summed E-state index contributed by atoms with van der Waals surface area (Å²) in [4.78, 5) is 0.126. The number of nitrogens with zero attached hydrogens (tertiary/aromatic N) is 2. The van der Waals surface area contributed by atoms with Crippen LogP contribution in [0.25, 0.3) is 16.5 Å². The summed E-state index contributed by atoms with van der Waals surface area (Å²) in [5.74, 6) is -0.444. The van der Waals surface area contributed by atoms with Gasteiger partial charge in [-0.05, 0) is 42.3 Å². The zero-order valence-corrected chi connectivity index (χ0v) is 15.2. The van der Waals surface area contributed by atoms with E-state index in [-0.39, 0.29) is 4.90 Å². The Kier molecular flexibility index (Phi) is 4.17. The highest BCUT2D eigenvalue weighted by molar-refractivity contribution is 7.89. The molecule has 1 aromatic heterocycles. The van der Waals surface area contributed by atoms with Crippen molar-refractivity contribution in [1.29, 1.82) is 0 Å². The Morgan fingerprint density at radius 2 is 1.77 bits per heavy atom. The molecule has 4 nitrogen and oxygen atoms in total. The first-order valence-electron chi connectivity index (χ1n) is 8.46. The minimum Gasteiger partial charge on any atom is -0.350 e. The number of benzene rings is 2. The van der Waals surface area contributed by atoms with Crippen LogP contribution in [-0.4, -0.2) is 30.4 Å². The number of aryl methyl sites for hydroxylation is 1. The van der Waals surface area contributed by atoms with Crippen molar-refractivity contribution in [1.82, 2.24) is 8.87 Å². The molecule has 3 aromatic rings. The number of rotatable bonds is 3. The summed E-state index contributed by atoms with van der Waals surface area (Å²) >= 11 is 0. The predicted molar refractivity (Wildman–Crippen MR) is 101 cm³/mol. The fraction of sp³-hybridized carbons (Fsp3) is 0.200. The van der Waals surface area contributed by atoms with Crippen molar-refractivity contribution in [3.05, 3.63) is 72.2 Å². The van der Waals surface area contributed by atoms with E-state index in [1.165, 1.54) is 34.0 Å². The van der Waals surface area contributed by atoms with Crippen LogP contribution < -0.4 is 0 Å². The summed E-state index contributed by atoms with van der Waals surface area (Å²) in [6, 6.07) is 13.2. The highest BCUT2D eigenvalue weighted by Gasteiger charge is 2.27. The van der Waals surface area contributed by atoms with Crippen molar-refractivity contribution in [3.63, 3.8) is 0 Å². The van der Waals surface area contributed by atoms with Crippen molar-refractivity contribution < 1.29 is 12.8 Å². The fourth-order valence-electron chi connectivity index (χ4n) is 3.47. The highest BCUT2D eigenvalue weighted by atomic mass is 32.2. The van der Waals surface area contributed by atoms with Crippen LogP contribution in [0.15, 0.2) is 65.7 Å². The van der Waals surface area contributed by atoms with E-state index < -0.39 is 15.8 Å². The zero-order chi connectivity index (χ0) is 18.3. The van der Waals surface area contributed by atoms with Gasteiger partial charge in [0.25, 0.3) is 0 Å². The number of hydrogen-bond acceptors (Lipinski definition) is 2. The fourth-order valence-corrected chi connectivity index (χ4v) is 4.85. The summed E-state index contributed by atoms with van der Waals surface area (Å²) in [6.45, 7) is 0.729. The Bertz CT molecular complexity index is 1100. The lowest BCUT2D eigenvalue weighted by molar-refractivity contribution is 0.441. The molecule has 0 radical (unpaired) electrons. The summed E-state index contributed by atoms with van der Waals surface area (Å²) in [5, 5.41) is 1.18. The molecule has 1 aliphatic rings. The molecule has 0 spiro atoms. The molecule has 6 heteroatoms. The number of sulfonamides is 1. The topological polar surface area (TPSA) is 42.3 Å². The van der Waals surface area contributed by atoms with Crippen LogP contribution >= 0.6 is 0 Å². The summed E-state index contributed by atoms with van der Waals surface area (Å²) in [6.07, 6.45) is 4.72. The molecule has 4 rings (SSSR count). The van der Waals surface area contributed by atoms with Gasteiger partial charge in [-0.2, -0.15) is 4.31 Å². The average Bonchev–Trinajstić information content (AvgIpc) is 2.99. The van der Waals surface area contributed by atoms with Crippen molar-refractivity contribution in [2.45, 2.75) is 11.3 Å². The Labute approximate surface area is 152 Å². The van der Waals surface area contributed by atoms with Crippen LogP contribution in [0.5, 0.6) is 0 Å². The predicted octanol–water partition coefficient (Wildman–Crippen LogP) is 3.80. The number of aromatic nitrogens is 1. The van der Waals surface area contributed by atoms with E-state index in [0.717, 1.165) is 16.7 Å². The van der Waals surface area contributed by atoms with E-state index in [0.29, 0.717) is 19.5 Å². The molecular weight excluding hydrogens is 351 g/mol. The van der Waals surface area contributed by atoms with Crippen LogP contribution in [0, 0.1) is 5.82 Å². The molecule has 0 aliphatic carbocycles. The Balaban J connectivity index is 1.63. The molecule has 0 N–H and O–H groups in total. The van der Waals surface area contributed by atoms with E-state index in [1.807, 2.05) is 25.3 Å². The van der Waals surface area contributed by atoms with Gasteiger partial charge in [0, 0.05) is 42.8 Å². The minimum atomic E-state index is -3.60. The first-order valence-corrected chi connectivity index (χ1v) is 9.90. The molecule has 0 saturated heterocycles. The van der Waals surface area contributed by atoms with Gasteiger partial charge in [0.05, 0.1) is 4.90 Å². The summed E-state index contributed by atoms with van der Waals surface area (Å²) in [7, 11) is -1.59. The monoisotopic (exact) mass is 370 g/mol. The van der Waals surface area contributed by atoms with Gasteiger partial charge in [-0.25, -0.2) is 12.8 Å². The van der Waals surface area contributed by atoms with Crippen molar-refractivity contribution in [3.8, 4) is 0 Å². The number of hydrogen-bond donors (Lipinski definition) is 0. The van der Waals surface area contributed by atoms with Gasteiger partial charge in [-0.1, -0.05) is 24.3 Å². The maximum Gasteiger partial charge on any atom is 0.243 e. The third-order valence-corrected chi connectivity index (χ3v) is 6.75. The Morgan fingerprint density at radius 3 is 2.46 bits per heavy atom. The van der Waals surface area contributed by atoms with Crippen LogP contribution in [0.3, 0.4) is 0 Å². The number of fused-ring (bicyclic) bond motifs is 1. The van der Waals surface area contributed by atoms with Gasteiger partial charge in [0.15, 0.2) is 0 Å². The van der Waals surface area contributed by atoms with Crippen molar-refractivity contribution in [2.75, 3.05) is 13.1 Å². The maximum atomic E-state index is 13.1. The van der Waals surface area contributed by atoms with Crippen LogP contribution in [0.4, 0.5) is 4.39 Å². The summed E-state index contributed by atoms with van der Waals surface area (Å²) in [5.41, 5.74) is 3.47. The Morgan fingerprint density at radius 1 is 1.04 bits per heavy atom. The maximum absolute atomic E-state index is 13.1. The van der Waals surface area contributed by atoms with Crippen molar-refractivity contribution >= 4 is 26.5 Å². The molecule has 0 unspecified atom stereocenters. The molecule has 0 bridgehead atoms. The van der Waals surface area contributed by atoms with Crippen molar-refractivity contribution in [2.24, 2.45) is 7.05 Å². The van der Waals surface area contributed by atoms with Crippen LogP contribution in [0.1, 0.15) is 12.0 Å². The molecule has 26 heavy (non-hydrogen) atoms. The molecule has 2 aromatic carbocycles. The Hall–Kier alpha value is -2.44. The van der Waals surface area contributed by atoms with Gasteiger partial charge < -0.3 is 4.57 Å². The first kappa shape index (κ1) is 17.0. The third kappa shape index (κ3) is 2.85. The minimum absolute atomic E-state index is 0.126. The molecule has 134 valence electrons. The second-order valence-corrected chi connectivity index (χ2v) is 8.41. The van der Waals surface area contributed by atoms with Gasteiger partial charge in [0.2, 0.25) is 10.0 Å². The van der Waals surface area contributed by atoms with E-state index >= 15 is 0 Å². The molecule has 0 fully saturated rings. The van der Waals surface area contributed by atoms with E-state index in [9.17, 15) is 12.8 Å². The molecule has 0 saturated carbocycles. The molecule has 1 aliphatic heterocycles. The average molecular weight is 370 g/mol. The lowest BCUT2D eigenvalue weighted by Gasteiger charge is -2.25. The van der Waals surface area contributed by atoms with Gasteiger partial charge >= 0.3 is 0 Å². The van der Waals surface area contributed by atoms with E-state index in [1.54, 1.807) is 0 Å². The number of halogens is 1. The normalized spacial score (nSPS) is 16.0. The number of para-hydroxylation sites is 1. The van der Waals surface area contributed by atoms with Gasteiger partial charge in [-0.3, -0.25) is 0 Å². The quantitative estimate of drug-likeness (QED) is 0.704.